The van der Waals surface area contributed by atoms with E-state index in [0.717, 1.165) is 40.8 Å². The number of nitrogens with zero attached hydrogens (tertiary/aromatic N) is 1. The maximum atomic E-state index is 12.6. The van der Waals surface area contributed by atoms with Gasteiger partial charge in [0.25, 0.3) is 0 Å². The standard InChI is InChI=1S/C25H24F3N3O4S/c1-34-22(32)24(13-5-2-6-14-24)21-29-15-20(36-21)16-9-11-17(12-10-16)30-23(33)31-18-7-3-4-8-19(18)35-25(26,27)28/h3-4,7-12,15H,2,5-6,13-14H2,1H3,(H2,30,31,33). The number of rotatable bonds is 6. The van der Waals surface area contributed by atoms with Crippen LogP contribution >= 0.6 is 11.3 Å². The number of esters is 1. The summed E-state index contributed by atoms with van der Waals surface area (Å²) in [5.41, 5.74) is 0.461. The number of carbonyl (C=O) groups is 2. The second-order valence-electron chi connectivity index (χ2n) is 8.36. The first-order chi connectivity index (χ1) is 17.2. The highest BCUT2D eigenvalue weighted by atomic mass is 32.1. The second kappa shape index (κ2) is 10.6. The Bertz CT molecular complexity index is 1220. The van der Waals surface area contributed by atoms with Crippen molar-refractivity contribution in [2.75, 3.05) is 17.7 Å². The van der Waals surface area contributed by atoms with E-state index in [4.69, 9.17) is 4.74 Å². The molecule has 2 N–H and O–H groups in total. The van der Waals surface area contributed by atoms with Gasteiger partial charge in [0.15, 0.2) is 5.75 Å². The van der Waals surface area contributed by atoms with Crippen LogP contribution in [0.15, 0.2) is 54.7 Å². The number of hydrogen-bond acceptors (Lipinski definition) is 6. The molecule has 1 aliphatic carbocycles. The minimum atomic E-state index is -4.88. The lowest BCUT2D eigenvalue weighted by molar-refractivity contribution is -0.274. The molecular formula is C25H24F3N3O4S. The molecule has 1 heterocycles. The number of urea groups is 1. The van der Waals surface area contributed by atoms with Gasteiger partial charge in [-0.2, -0.15) is 0 Å². The van der Waals surface area contributed by atoms with E-state index in [9.17, 15) is 22.8 Å². The number of para-hydroxylation sites is 2. The molecule has 0 saturated heterocycles. The van der Waals surface area contributed by atoms with E-state index in [1.165, 1.54) is 36.6 Å². The highest BCUT2D eigenvalue weighted by Crippen LogP contribution is 2.43. The van der Waals surface area contributed by atoms with Crippen molar-refractivity contribution < 1.29 is 32.2 Å². The van der Waals surface area contributed by atoms with Gasteiger partial charge < -0.3 is 20.1 Å². The number of benzene rings is 2. The monoisotopic (exact) mass is 519 g/mol. The Morgan fingerprint density at radius 2 is 1.69 bits per heavy atom. The van der Waals surface area contributed by atoms with Crippen molar-refractivity contribution in [2.45, 2.75) is 43.9 Å². The topological polar surface area (TPSA) is 89.5 Å². The third kappa shape index (κ3) is 5.78. The number of alkyl halides is 3. The Kier molecular flexibility index (Phi) is 7.48. The van der Waals surface area contributed by atoms with Gasteiger partial charge in [-0.3, -0.25) is 4.79 Å². The summed E-state index contributed by atoms with van der Waals surface area (Å²) in [6.07, 6.45) is 1.24. The summed E-state index contributed by atoms with van der Waals surface area (Å²) in [6.45, 7) is 0. The minimum absolute atomic E-state index is 0.122. The first kappa shape index (κ1) is 25.5. The third-order valence-electron chi connectivity index (χ3n) is 5.99. The van der Waals surface area contributed by atoms with Crippen LogP contribution in [-0.2, 0) is 14.9 Å². The molecule has 2 aromatic carbocycles. The quantitative estimate of drug-likeness (QED) is 0.353. The van der Waals surface area contributed by atoms with Crippen molar-refractivity contribution in [3.05, 3.63) is 59.7 Å². The van der Waals surface area contributed by atoms with Crippen molar-refractivity contribution in [3.8, 4) is 16.2 Å². The van der Waals surface area contributed by atoms with Crippen molar-refractivity contribution in [1.82, 2.24) is 4.98 Å². The van der Waals surface area contributed by atoms with Crippen molar-refractivity contribution >= 4 is 34.7 Å². The van der Waals surface area contributed by atoms with Gasteiger partial charge in [0.2, 0.25) is 0 Å². The van der Waals surface area contributed by atoms with Crippen molar-refractivity contribution in [1.29, 1.82) is 0 Å². The Labute approximate surface area is 209 Å². The number of amides is 2. The van der Waals surface area contributed by atoms with Gasteiger partial charge >= 0.3 is 18.4 Å². The molecule has 0 radical (unpaired) electrons. The number of aromatic nitrogens is 1. The number of carbonyl (C=O) groups excluding carboxylic acids is 2. The molecule has 0 unspecified atom stereocenters. The molecule has 7 nitrogen and oxygen atoms in total. The summed E-state index contributed by atoms with van der Waals surface area (Å²) in [5.74, 6) is -0.768. The molecule has 0 aliphatic heterocycles. The lowest BCUT2D eigenvalue weighted by atomic mass is 9.74. The van der Waals surface area contributed by atoms with Crippen LogP contribution < -0.4 is 15.4 Å². The van der Waals surface area contributed by atoms with Gasteiger partial charge in [0.05, 0.1) is 17.7 Å². The lowest BCUT2D eigenvalue weighted by Crippen LogP contribution is -2.38. The first-order valence-electron chi connectivity index (χ1n) is 11.3. The second-order valence-corrected chi connectivity index (χ2v) is 9.40. The van der Waals surface area contributed by atoms with Crippen molar-refractivity contribution in [3.63, 3.8) is 0 Å². The fourth-order valence-corrected chi connectivity index (χ4v) is 5.43. The zero-order valence-electron chi connectivity index (χ0n) is 19.4. The number of halogens is 3. The van der Waals surface area contributed by atoms with Gasteiger partial charge in [-0.25, -0.2) is 9.78 Å². The van der Waals surface area contributed by atoms with Crippen molar-refractivity contribution in [2.24, 2.45) is 0 Å². The Morgan fingerprint density at radius 3 is 2.36 bits per heavy atom. The average molecular weight is 520 g/mol. The summed E-state index contributed by atoms with van der Waals surface area (Å²) >= 11 is 1.45. The molecule has 1 saturated carbocycles. The third-order valence-corrected chi connectivity index (χ3v) is 7.24. The number of anilines is 2. The predicted molar refractivity (Wildman–Crippen MR) is 130 cm³/mol. The molecule has 0 spiro atoms. The first-order valence-corrected chi connectivity index (χ1v) is 12.1. The molecule has 1 aliphatic rings. The Balaban J connectivity index is 1.44. The molecule has 11 heteroatoms. The number of ether oxygens (including phenoxy) is 2. The van der Waals surface area contributed by atoms with Gasteiger partial charge in [0, 0.05) is 11.9 Å². The van der Waals surface area contributed by atoms with Crippen LogP contribution in [0.2, 0.25) is 0 Å². The number of hydrogen-bond donors (Lipinski definition) is 2. The maximum Gasteiger partial charge on any atom is 0.573 e. The SMILES string of the molecule is COC(=O)C1(c2ncc(-c3ccc(NC(=O)Nc4ccccc4OC(F)(F)F)cc3)s2)CCCCC1. The predicted octanol–water partition coefficient (Wildman–Crippen LogP) is 6.73. The van der Waals surface area contributed by atoms with E-state index in [1.54, 1.807) is 30.5 Å². The molecule has 3 aromatic rings. The summed E-state index contributed by atoms with van der Waals surface area (Å²) in [7, 11) is 1.40. The number of thiazole rings is 1. The molecule has 0 atom stereocenters. The molecule has 4 rings (SSSR count). The van der Waals surface area contributed by atoms with Crippen LogP contribution in [-0.4, -0.2) is 30.5 Å². The van der Waals surface area contributed by atoms with E-state index in [-0.39, 0.29) is 11.7 Å². The molecule has 2 amide bonds. The summed E-state index contributed by atoms with van der Waals surface area (Å²) < 4.78 is 46.8. The van der Waals surface area contributed by atoms with Crippen LogP contribution in [0, 0.1) is 0 Å². The maximum absolute atomic E-state index is 12.6. The van der Waals surface area contributed by atoms with E-state index >= 15 is 0 Å². The summed E-state index contributed by atoms with van der Waals surface area (Å²) in [4.78, 5) is 30.4. The van der Waals surface area contributed by atoms with E-state index < -0.39 is 23.6 Å². The highest BCUT2D eigenvalue weighted by molar-refractivity contribution is 7.15. The van der Waals surface area contributed by atoms with E-state index in [1.807, 2.05) is 0 Å². The van der Waals surface area contributed by atoms with Crippen LogP contribution in [0.3, 0.4) is 0 Å². The highest BCUT2D eigenvalue weighted by Gasteiger charge is 2.44. The van der Waals surface area contributed by atoms with Crippen LogP contribution in [0.5, 0.6) is 5.75 Å². The molecule has 1 aromatic heterocycles. The van der Waals surface area contributed by atoms with Crippen LogP contribution in [0.1, 0.15) is 37.1 Å². The average Bonchev–Trinajstić information content (AvgIpc) is 3.36. The number of nitrogens with one attached hydrogen (secondary N) is 2. The minimum Gasteiger partial charge on any atom is -0.468 e. The van der Waals surface area contributed by atoms with Crippen LogP contribution in [0.25, 0.3) is 10.4 Å². The van der Waals surface area contributed by atoms with E-state index in [2.05, 4.69) is 20.4 Å². The van der Waals surface area contributed by atoms with Gasteiger partial charge in [0.1, 0.15) is 10.4 Å². The molecule has 36 heavy (non-hydrogen) atoms. The fourth-order valence-electron chi connectivity index (χ4n) is 4.27. The van der Waals surface area contributed by atoms with Gasteiger partial charge in [-0.1, -0.05) is 43.5 Å². The Morgan fingerprint density at radius 1 is 1.00 bits per heavy atom. The zero-order chi connectivity index (χ0) is 25.8. The molecule has 190 valence electrons. The van der Waals surface area contributed by atoms with Crippen LogP contribution in [0.4, 0.5) is 29.3 Å². The molecule has 0 bridgehead atoms. The largest absolute Gasteiger partial charge is 0.573 e. The smallest absolute Gasteiger partial charge is 0.468 e. The molecule has 1 fully saturated rings. The normalized spacial score (nSPS) is 15.1. The van der Waals surface area contributed by atoms with Gasteiger partial charge in [-0.15, -0.1) is 24.5 Å². The Hall–Kier alpha value is -3.60. The number of methoxy groups -OCH3 is 1. The summed E-state index contributed by atoms with van der Waals surface area (Å²) in [5, 5.41) is 5.69. The summed E-state index contributed by atoms with van der Waals surface area (Å²) in [6, 6.07) is 11.5. The zero-order valence-corrected chi connectivity index (χ0v) is 20.2. The van der Waals surface area contributed by atoms with Gasteiger partial charge in [-0.05, 0) is 42.7 Å². The lowest BCUT2D eigenvalue weighted by Gasteiger charge is -2.32. The fraction of sp³-hybridized carbons (Fsp3) is 0.320. The van der Waals surface area contributed by atoms with E-state index in [0.29, 0.717) is 18.5 Å². The molecular weight excluding hydrogens is 495 g/mol.